The van der Waals surface area contributed by atoms with E-state index >= 15 is 0 Å². The fourth-order valence-electron chi connectivity index (χ4n) is 1.70. The van der Waals surface area contributed by atoms with Crippen molar-refractivity contribution in [3.05, 3.63) is 11.5 Å². The molecule has 16 heavy (non-hydrogen) atoms. The Labute approximate surface area is 92.4 Å². The predicted octanol–water partition coefficient (Wildman–Crippen LogP) is 0.781. The van der Waals surface area contributed by atoms with E-state index in [2.05, 4.69) is 0 Å². The summed E-state index contributed by atoms with van der Waals surface area (Å²) in [5.41, 5.74) is 0. The van der Waals surface area contributed by atoms with Gasteiger partial charge in [0.25, 0.3) is 0 Å². The molecule has 2 aliphatic rings. The maximum absolute atomic E-state index is 11.0. The molecule has 6 nitrogen and oxygen atoms in total. The fraction of sp³-hybridized carbons (Fsp3) is 0.700. The van der Waals surface area contributed by atoms with Gasteiger partial charge in [-0.1, -0.05) is 6.92 Å². The quantitative estimate of drug-likeness (QED) is 0.682. The second kappa shape index (κ2) is 3.64. The van der Waals surface area contributed by atoms with Crippen molar-refractivity contribution in [2.75, 3.05) is 6.61 Å². The molecular formula is C10H14O6. The molecule has 0 aromatic rings. The highest BCUT2D eigenvalue weighted by Crippen LogP contribution is 2.33. The van der Waals surface area contributed by atoms with Gasteiger partial charge in [0.2, 0.25) is 5.76 Å². The topological polar surface area (TPSA) is 85.2 Å². The third-order valence-corrected chi connectivity index (χ3v) is 2.87. The number of hydrogen-bond donors (Lipinski definition) is 2. The highest BCUT2D eigenvalue weighted by molar-refractivity contribution is 5.89. The molecule has 0 aliphatic carbocycles. The van der Waals surface area contributed by atoms with Crippen molar-refractivity contribution in [3.63, 3.8) is 0 Å². The zero-order chi connectivity index (χ0) is 11.9. The number of esters is 1. The van der Waals surface area contributed by atoms with Gasteiger partial charge in [0.05, 0.1) is 6.61 Å². The maximum atomic E-state index is 11.0. The van der Waals surface area contributed by atoms with E-state index in [-0.39, 0.29) is 6.61 Å². The minimum absolute atomic E-state index is 0.208. The molecule has 0 spiro atoms. The van der Waals surface area contributed by atoms with Crippen molar-refractivity contribution >= 4 is 5.97 Å². The lowest BCUT2D eigenvalue weighted by atomic mass is 10.2. The van der Waals surface area contributed by atoms with Gasteiger partial charge in [-0.15, -0.1) is 0 Å². The minimum Gasteiger partial charge on any atom is -0.505 e. The number of ether oxygens (including phenoxy) is 3. The molecule has 1 fully saturated rings. The average molecular weight is 230 g/mol. The molecule has 0 radical (unpaired) electrons. The lowest BCUT2D eigenvalue weighted by Gasteiger charge is -2.22. The predicted molar refractivity (Wildman–Crippen MR) is 51.7 cm³/mol. The summed E-state index contributed by atoms with van der Waals surface area (Å²) in [4.78, 5) is 11.0. The number of aliphatic hydroxyl groups is 2. The van der Waals surface area contributed by atoms with Gasteiger partial charge in [-0.3, -0.25) is 0 Å². The lowest BCUT2D eigenvalue weighted by Crippen LogP contribution is -2.33. The van der Waals surface area contributed by atoms with Gasteiger partial charge in [-0.25, -0.2) is 4.79 Å². The van der Waals surface area contributed by atoms with Gasteiger partial charge in [0.15, 0.2) is 17.7 Å². The van der Waals surface area contributed by atoms with Crippen molar-refractivity contribution in [2.45, 2.75) is 38.3 Å². The average Bonchev–Trinajstić information content (AvgIpc) is 2.76. The number of rotatable bonds is 2. The van der Waals surface area contributed by atoms with Crippen LogP contribution in [0.2, 0.25) is 0 Å². The molecule has 0 aromatic heterocycles. The Hall–Kier alpha value is -1.27. The first kappa shape index (κ1) is 11.2. The summed E-state index contributed by atoms with van der Waals surface area (Å²) >= 11 is 0. The fourth-order valence-corrected chi connectivity index (χ4v) is 1.70. The standard InChI is InChI=1S/C10H14O6/c1-3-10(2)14-4-5(16-10)8-6(11)7(12)9(13)15-8/h5,8,11-12H,3-4H2,1-2H3. The molecule has 0 saturated carbocycles. The van der Waals surface area contributed by atoms with Crippen LogP contribution in [0, 0.1) is 0 Å². The zero-order valence-corrected chi connectivity index (χ0v) is 9.10. The first-order valence-corrected chi connectivity index (χ1v) is 5.11. The molecule has 6 heteroatoms. The summed E-state index contributed by atoms with van der Waals surface area (Å²) in [6.45, 7) is 3.88. The maximum Gasteiger partial charge on any atom is 0.377 e. The molecule has 2 heterocycles. The van der Waals surface area contributed by atoms with Crippen LogP contribution in [-0.4, -0.2) is 40.8 Å². The van der Waals surface area contributed by atoms with E-state index < -0.39 is 35.5 Å². The smallest absolute Gasteiger partial charge is 0.377 e. The third kappa shape index (κ3) is 1.64. The highest BCUT2D eigenvalue weighted by atomic mass is 16.8. The molecule has 0 aromatic carbocycles. The monoisotopic (exact) mass is 230 g/mol. The first-order chi connectivity index (χ1) is 7.47. The van der Waals surface area contributed by atoms with E-state index in [0.29, 0.717) is 6.42 Å². The largest absolute Gasteiger partial charge is 0.505 e. The van der Waals surface area contributed by atoms with Crippen LogP contribution in [0.5, 0.6) is 0 Å². The van der Waals surface area contributed by atoms with Crippen molar-refractivity contribution < 1.29 is 29.2 Å². The molecule has 1 saturated heterocycles. The first-order valence-electron chi connectivity index (χ1n) is 5.11. The summed E-state index contributed by atoms with van der Waals surface area (Å²) in [5.74, 6) is -2.90. The normalized spacial score (nSPS) is 39.2. The van der Waals surface area contributed by atoms with Crippen LogP contribution in [0.3, 0.4) is 0 Å². The third-order valence-electron chi connectivity index (χ3n) is 2.87. The van der Waals surface area contributed by atoms with Gasteiger partial charge >= 0.3 is 5.97 Å². The molecule has 3 unspecified atom stereocenters. The lowest BCUT2D eigenvalue weighted by molar-refractivity contribution is -0.172. The Morgan fingerprint density at radius 2 is 2.19 bits per heavy atom. The highest BCUT2D eigenvalue weighted by Gasteiger charge is 2.47. The molecule has 0 bridgehead atoms. The van der Waals surface area contributed by atoms with E-state index in [1.165, 1.54) is 0 Å². The van der Waals surface area contributed by atoms with Gasteiger partial charge < -0.3 is 24.4 Å². The van der Waals surface area contributed by atoms with Crippen molar-refractivity contribution in [1.82, 2.24) is 0 Å². The van der Waals surface area contributed by atoms with Gasteiger partial charge in [-0.2, -0.15) is 0 Å². The molecule has 2 aliphatic heterocycles. The molecular weight excluding hydrogens is 216 g/mol. The van der Waals surface area contributed by atoms with Gasteiger partial charge in [-0.05, 0) is 13.3 Å². The Bertz CT molecular complexity index is 349. The number of aliphatic hydroxyl groups excluding tert-OH is 2. The summed E-state index contributed by atoms with van der Waals surface area (Å²) in [5, 5.41) is 18.6. The molecule has 0 amide bonds. The van der Waals surface area contributed by atoms with Crippen LogP contribution in [0.1, 0.15) is 20.3 Å². The van der Waals surface area contributed by atoms with Crippen LogP contribution < -0.4 is 0 Å². The second-order valence-electron chi connectivity index (χ2n) is 4.01. The Morgan fingerprint density at radius 1 is 1.50 bits per heavy atom. The zero-order valence-electron chi connectivity index (χ0n) is 9.10. The second-order valence-corrected chi connectivity index (χ2v) is 4.01. The van der Waals surface area contributed by atoms with E-state index in [4.69, 9.17) is 19.3 Å². The van der Waals surface area contributed by atoms with Crippen LogP contribution in [0.25, 0.3) is 0 Å². The van der Waals surface area contributed by atoms with Gasteiger partial charge in [0.1, 0.15) is 6.10 Å². The van der Waals surface area contributed by atoms with Crippen molar-refractivity contribution in [3.8, 4) is 0 Å². The SMILES string of the molecule is CCC1(C)OCC(C2OC(=O)C(O)=C2O)O1. The van der Waals surface area contributed by atoms with Crippen LogP contribution >= 0.6 is 0 Å². The molecule has 3 atom stereocenters. The van der Waals surface area contributed by atoms with Crippen LogP contribution in [0.15, 0.2) is 11.5 Å². The summed E-state index contributed by atoms with van der Waals surface area (Å²) in [6, 6.07) is 0. The van der Waals surface area contributed by atoms with Gasteiger partial charge in [0, 0.05) is 0 Å². The Balaban J connectivity index is 2.10. The van der Waals surface area contributed by atoms with E-state index in [9.17, 15) is 9.90 Å². The van der Waals surface area contributed by atoms with Crippen molar-refractivity contribution in [2.24, 2.45) is 0 Å². The number of cyclic esters (lactones) is 1. The number of hydrogen-bond acceptors (Lipinski definition) is 6. The molecule has 90 valence electrons. The number of carbonyl (C=O) groups is 1. The molecule has 2 rings (SSSR count). The van der Waals surface area contributed by atoms with Crippen molar-refractivity contribution in [1.29, 1.82) is 0 Å². The summed E-state index contributed by atoms with van der Waals surface area (Å²) in [7, 11) is 0. The number of carbonyl (C=O) groups excluding carboxylic acids is 1. The van der Waals surface area contributed by atoms with Crippen LogP contribution in [-0.2, 0) is 19.0 Å². The summed E-state index contributed by atoms with van der Waals surface area (Å²) in [6.07, 6.45) is -0.917. The van der Waals surface area contributed by atoms with E-state index in [0.717, 1.165) is 0 Å². The van der Waals surface area contributed by atoms with Crippen LogP contribution in [0.4, 0.5) is 0 Å². The van der Waals surface area contributed by atoms with E-state index in [1.54, 1.807) is 6.92 Å². The minimum atomic E-state index is -0.971. The summed E-state index contributed by atoms with van der Waals surface area (Å²) < 4.78 is 15.7. The Morgan fingerprint density at radius 3 is 2.62 bits per heavy atom. The van der Waals surface area contributed by atoms with E-state index in [1.807, 2.05) is 6.92 Å². The molecule has 2 N–H and O–H groups in total. The Kier molecular flexibility index (Phi) is 2.55.